The molecule has 2 fully saturated rings. The minimum absolute atomic E-state index is 0.248. The average molecular weight is 517 g/mol. The van der Waals surface area contributed by atoms with E-state index in [-0.39, 0.29) is 5.82 Å². The second-order valence-electron chi connectivity index (χ2n) is 10.4. The van der Waals surface area contributed by atoms with Crippen molar-refractivity contribution in [2.75, 3.05) is 42.9 Å². The standard InChI is InChI=1S/C30H37FN6O/c31-24-8-4-6-22(20-24)11-15-34-30-26(28(29(32)38)23-7-5-14-33-21-23)9-10-27(35-30)37-18-12-25(13-19-37)36-16-2-1-3-17-36/h4-10,14,20-21,25,28H,1-3,11-13,15-19H2,(H2,32,38)(H,34,35). The van der Waals surface area contributed by atoms with E-state index in [1.54, 1.807) is 30.6 Å². The topological polar surface area (TPSA) is 87.4 Å². The number of aromatic nitrogens is 2. The minimum Gasteiger partial charge on any atom is -0.369 e. The van der Waals surface area contributed by atoms with Gasteiger partial charge in [0.2, 0.25) is 5.91 Å². The van der Waals surface area contributed by atoms with Crippen molar-refractivity contribution in [1.29, 1.82) is 0 Å². The number of nitrogens with one attached hydrogen (secondary N) is 1. The van der Waals surface area contributed by atoms with Gasteiger partial charge in [-0.05, 0) is 80.6 Å². The maximum absolute atomic E-state index is 13.7. The molecular weight excluding hydrogens is 479 g/mol. The molecule has 0 bridgehead atoms. The van der Waals surface area contributed by atoms with Crippen molar-refractivity contribution >= 4 is 17.5 Å². The summed E-state index contributed by atoms with van der Waals surface area (Å²) in [5.74, 6) is 0.148. The molecule has 2 aliphatic heterocycles. The Morgan fingerprint density at radius 1 is 1.05 bits per heavy atom. The molecule has 0 radical (unpaired) electrons. The molecule has 3 aromatic rings. The Kier molecular flexibility index (Phi) is 8.48. The Hall–Kier alpha value is -3.52. The van der Waals surface area contributed by atoms with Crippen molar-refractivity contribution in [1.82, 2.24) is 14.9 Å². The van der Waals surface area contributed by atoms with E-state index in [0.29, 0.717) is 24.8 Å². The Morgan fingerprint density at radius 2 is 1.87 bits per heavy atom. The van der Waals surface area contributed by atoms with E-state index in [1.807, 2.05) is 24.3 Å². The Labute approximate surface area is 224 Å². The molecule has 3 N–H and O–H groups in total. The predicted molar refractivity (Wildman–Crippen MR) is 149 cm³/mol. The van der Waals surface area contributed by atoms with Crippen LogP contribution in [0.3, 0.4) is 0 Å². The van der Waals surface area contributed by atoms with Crippen molar-refractivity contribution in [2.24, 2.45) is 5.73 Å². The highest BCUT2D eigenvalue weighted by Crippen LogP contribution is 2.32. The molecule has 1 unspecified atom stereocenters. The summed E-state index contributed by atoms with van der Waals surface area (Å²) < 4.78 is 13.7. The fourth-order valence-electron chi connectivity index (χ4n) is 5.82. The van der Waals surface area contributed by atoms with Gasteiger partial charge < -0.3 is 20.9 Å². The van der Waals surface area contributed by atoms with Gasteiger partial charge in [-0.25, -0.2) is 9.37 Å². The van der Waals surface area contributed by atoms with Crippen molar-refractivity contribution in [3.63, 3.8) is 0 Å². The number of nitrogens with zero attached hydrogens (tertiary/aromatic N) is 4. The number of anilines is 2. The van der Waals surface area contributed by atoms with Crippen LogP contribution in [0.15, 0.2) is 60.9 Å². The third-order valence-corrected chi connectivity index (χ3v) is 7.82. The van der Waals surface area contributed by atoms with Gasteiger partial charge in [-0.2, -0.15) is 0 Å². The van der Waals surface area contributed by atoms with Crippen LogP contribution in [0.1, 0.15) is 54.7 Å². The first kappa shape index (κ1) is 26.1. The molecule has 0 aliphatic carbocycles. The maximum atomic E-state index is 13.7. The van der Waals surface area contributed by atoms with Gasteiger partial charge in [-0.15, -0.1) is 0 Å². The van der Waals surface area contributed by atoms with E-state index < -0.39 is 11.8 Å². The van der Waals surface area contributed by atoms with Crippen LogP contribution in [0, 0.1) is 5.82 Å². The normalized spacial score (nSPS) is 17.8. The van der Waals surface area contributed by atoms with Gasteiger partial charge in [0, 0.05) is 43.6 Å². The average Bonchev–Trinajstić information content (AvgIpc) is 2.95. The highest BCUT2D eigenvalue weighted by Gasteiger charge is 2.28. The zero-order valence-electron chi connectivity index (χ0n) is 21.9. The molecule has 8 heteroatoms. The second-order valence-corrected chi connectivity index (χ2v) is 10.4. The third kappa shape index (κ3) is 6.30. The lowest BCUT2D eigenvalue weighted by Crippen LogP contribution is -2.47. The number of likely N-dealkylation sites (tertiary alicyclic amines) is 1. The van der Waals surface area contributed by atoms with Gasteiger partial charge in [0.25, 0.3) is 0 Å². The SMILES string of the molecule is NC(=O)C(c1cccnc1)c1ccc(N2CCC(N3CCCCC3)CC2)nc1NCCc1cccc(F)c1. The van der Waals surface area contributed by atoms with Crippen LogP contribution >= 0.6 is 0 Å². The summed E-state index contributed by atoms with van der Waals surface area (Å²) in [7, 11) is 0. The van der Waals surface area contributed by atoms with Crippen molar-refractivity contribution in [2.45, 2.75) is 50.5 Å². The van der Waals surface area contributed by atoms with E-state index in [2.05, 4.69) is 20.1 Å². The summed E-state index contributed by atoms with van der Waals surface area (Å²) in [5, 5.41) is 3.43. The van der Waals surface area contributed by atoms with Gasteiger partial charge in [-0.3, -0.25) is 9.78 Å². The monoisotopic (exact) mass is 516 g/mol. The first-order valence-corrected chi connectivity index (χ1v) is 13.8. The van der Waals surface area contributed by atoms with E-state index in [0.717, 1.165) is 48.4 Å². The zero-order chi connectivity index (χ0) is 26.3. The summed E-state index contributed by atoms with van der Waals surface area (Å²) in [6.45, 7) is 4.90. The van der Waals surface area contributed by atoms with Crippen LogP contribution < -0.4 is 16.0 Å². The lowest BCUT2D eigenvalue weighted by atomic mass is 9.92. The molecule has 2 aliphatic rings. The fraction of sp³-hybridized carbons (Fsp3) is 0.433. The molecule has 1 amide bonds. The lowest BCUT2D eigenvalue weighted by Gasteiger charge is -2.40. The van der Waals surface area contributed by atoms with Crippen LogP contribution in [-0.4, -0.2) is 59.5 Å². The number of carbonyl (C=O) groups excluding carboxylic acids is 1. The molecule has 200 valence electrons. The van der Waals surface area contributed by atoms with Gasteiger partial charge in [0.15, 0.2) is 0 Å². The molecule has 0 spiro atoms. The largest absolute Gasteiger partial charge is 0.369 e. The molecule has 38 heavy (non-hydrogen) atoms. The van der Waals surface area contributed by atoms with Crippen molar-refractivity contribution < 1.29 is 9.18 Å². The molecule has 1 aromatic carbocycles. The van der Waals surface area contributed by atoms with Crippen LogP contribution in [0.2, 0.25) is 0 Å². The minimum atomic E-state index is -0.674. The second kappa shape index (κ2) is 12.3. The molecule has 7 nitrogen and oxygen atoms in total. The number of nitrogens with two attached hydrogens (primary N) is 1. The molecule has 4 heterocycles. The highest BCUT2D eigenvalue weighted by atomic mass is 19.1. The summed E-state index contributed by atoms with van der Waals surface area (Å²) in [6.07, 6.45) is 10.2. The molecule has 5 rings (SSSR count). The molecular formula is C30H37FN6O. The van der Waals surface area contributed by atoms with Crippen LogP contribution in [0.4, 0.5) is 16.0 Å². The van der Waals surface area contributed by atoms with Crippen LogP contribution in [0.25, 0.3) is 0 Å². The summed E-state index contributed by atoms with van der Waals surface area (Å²) in [4.78, 5) is 26.9. The van der Waals surface area contributed by atoms with Crippen LogP contribution in [0.5, 0.6) is 0 Å². The summed E-state index contributed by atoms with van der Waals surface area (Å²) >= 11 is 0. The fourth-order valence-corrected chi connectivity index (χ4v) is 5.82. The zero-order valence-corrected chi connectivity index (χ0v) is 21.9. The summed E-state index contributed by atoms with van der Waals surface area (Å²) in [5.41, 5.74) is 8.24. The maximum Gasteiger partial charge on any atom is 0.229 e. The van der Waals surface area contributed by atoms with Gasteiger partial charge in [0.05, 0.1) is 5.92 Å². The number of hydrogen-bond acceptors (Lipinski definition) is 6. The number of carbonyl (C=O) groups is 1. The predicted octanol–water partition coefficient (Wildman–Crippen LogP) is 4.34. The quantitative estimate of drug-likeness (QED) is 0.440. The Bertz CT molecular complexity index is 1210. The number of hydrogen-bond donors (Lipinski definition) is 2. The number of rotatable bonds is 9. The number of benzene rings is 1. The molecule has 1 atom stereocenters. The van der Waals surface area contributed by atoms with Crippen LogP contribution in [-0.2, 0) is 11.2 Å². The van der Waals surface area contributed by atoms with Crippen molar-refractivity contribution in [3.8, 4) is 0 Å². The van der Waals surface area contributed by atoms with E-state index in [1.165, 1.54) is 38.4 Å². The first-order chi connectivity index (χ1) is 18.6. The highest BCUT2D eigenvalue weighted by molar-refractivity contribution is 5.87. The van der Waals surface area contributed by atoms with E-state index in [4.69, 9.17) is 10.7 Å². The number of piperidine rings is 2. The Balaban J connectivity index is 1.36. The smallest absolute Gasteiger partial charge is 0.229 e. The molecule has 2 aromatic heterocycles. The molecule has 0 saturated carbocycles. The van der Waals surface area contributed by atoms with Gasteiger partial charge in [-0.1, -0.05) is 30.7 Å². The van der Waals surface area contributed by atoms with Gasteiger partial charge in [0.1, 0.15) is 17.5 Å². The lowest BCUT2D eigenvalue weighted by molar-refractivity contribution is -0.118. The molecule has 2 saturated heterocycles. The number of halogens is 1. The van der Waals surface area contributed by atoms with Gasteiger partial charge >= 0.3 is 0 Å². The van der Waals surface area contributed by atoms with Crippen molar-refractivity contribution in [3.05, 3.63) is 83.4 Å². The number of primary amides is 1. The van der Waals surface area contributed by atoms with E-state index in [9.17, 15) is 9.18 Å². The number of amides is 1. The number of pyridine rings is 2. The third-order valence-electron chi connectivity index (χ3n) is 7.82. The summed E-state index contributed by atoms with van der Waals surface area (Å²) in [6, 6.07) is 14.9. The Morgan fingerprint density at radius 3 is 2.58 bits per heavy atom. The van der Waals surface area contributed by atoms with E-state index >= 15 is 0 Å². The first-order valence-electron chi connectivity index (χ1n) is 13.8.